The lowest BCUT2D eigenvalue weighted by atomic mass is 10.1. The molecule has 19 heavy (non-hydrogen) atoms. The fourth-order valence-electron chi connectivity index (χ4n) is 1.82. The summed E-state index contributed by atoms with van der Waals surface area (Å²) in [5.41, 5.74) is 2.88. The molecule has 100 valence electrons. The van der Waals surface area contributed by atoms with Gasteiger partial charge >= 0.3 is 0 Å². The van der Waals surface area contributed by atoms with E-state index in [1.54, 1.807) is 0 Å². The van der Waals surface area contributed by atoms with Gasteiger partial charge in [-0.3, -0.25) is 0 Å². The minimum atomic E-state index is 0.265. The van der Waals surface area contributed by atoms with Crippen LogP contribution in [0.3, 0.4) is 0 Å². The Balaban J connectivity index is 2.63. The van der Waals surface area contributed by atoms with Crippen molar-refractivity contribution in [2.24, 2.45) is 0 Å². The summed E-state index contributed by atoms with van der Waals surface area (Å²) < 4.78 is 0.763. The van der Waals surface area contributed by atoms with Crippen LogP contribution in [0.4, 0.5) is 0 Å². The van der Waals surface area contributed by atoms with E-state index in [-0.39, 0.29) is 5.92 Å². The molecule has 2 rings (SSSR count). The molecular formula is C14H13BrCl2N2. The summed E-state index contributed by atoms with van der Waals surface area (Å²) in [6.45, 7) is 6.12. The Bertz CT molecular complexity index is 627. The minimum Gasteiger partial charge on any atom is -0.232 e. The van der Waals surface area contributed by atoms with Crippen LogP contribution in [0, 0.1) is 6.92 Å². The highest BCUT2D eigenvalue weighted by Gasteiger charge is 2.15. The molecule has 1 aromatic carbocycles. The number of benzene rings is 1. The van der Waals surface area contributed by atoms with Crippen molar-refractivity contribution >= 4 is 39.1 Å². The highest BCUT2D eigenvalue weighted by molar-refractivity contribution is 9.10. The molecule has 0 aliphatic rings. The monoisotopic (exact) mass is 358 g/mol. The molecule has 2 nitrogen and oxygen atoms in total. The quantitative estimate of drug-likeness (QED) is 0.648. The lowest BCUT2D eigenvalue weighted by molar-refractivity contribution is 0.809. The van der Waals surface area contributed by atoms with Gasteiger partial charge in [-0.05, 0) is 52.5 Å². The van der Waals surface area contributed by atoms with Gasteiger partial charge < -0.3 is 0 Å². The van der Waals surface area contributed by atoms with E-state index in [0.29, 0.717) is 16.0 Å². The molecule has 2 aromatic rings. The van der Waals surface area contributed by atoms with Crippen molar-refractivity contribution < 1.29 is 0 Å². The Labute approximate surface area is 131 Å². The normalized spacial score (nSPS) is 11.1. The maximum absolute atomic E-state index is 6.17. The van der Waals surface area contributed by atoms with Gasteiger partial charge in [0.1, 0.15) is 5.15 Å². The lowest BCUT2D eigenvalue weighted by Gasteiger charge is -2.12. The molecule has 5 heteroatoms. The molecule has 0 amide bonds. The summed E-state index contributed by atoms with van der Waals surface area (Å²) in [7, 11) is 0. The van der Waals surface area contributed by atoms with Gasteiger partial charge in [0.2, 0.25) is 0 Å². The van der Waals surface area contributed by atoms with Crippen LogP contribution >= 0.6 is 39.1 Å². The average Bonchev–Trinajstić information content (AvgIpc) is 2.32. The largest absolute Gasteiger partial charge is 0.232 e. The number of hydrogen-bond donors (Lipinski definition) is 0. The highest BCUT2D eigenvalue weighted by atomic mass is 79.9. The standard InChI is InChI=1S/C14H13BrCl2N2/c1-7(2)12-11(15)13(17)19-14(18-12)10-5-4-9(16)6-8(10)3/h4-7H,1-3H3. The van der Waals surface area contributed by atoms with Gasteiger partial charge in [0, 0.05) is 10.6 Å². The Kier molecular flexibility index (Phi) is 4.49. The Hall–Kier alpha value is -0.640. The van der Waals surface area contributed by atoms with Gasteiger partial charge in [0.05, 0.1) is 10.2 Å². The molecule has 0 fully saturated rings. The Morgan fingerprint density at radius 3 is 2.42 bits per heavy atom. The van der Waals surface area contributed by atoms with E-state index >= 15 is 0 Å². The predicted molar refractivity (Wildman–Crippen MR) is 84.0 cm³/mol. The van der Waals surface area contributed by atoms with Gasteiger partial charge in [-0.2, -0.15) is 0 Å². The summed E-state index contributed by atoms with van der Waals surface area (Å²) in [5, 5.41) is 1.14. The zero-order chi connectivity index (χ0) is 14.2. The molecule has 0 saturated heterocycles. The first kappa shape index (κ1) is 14.8. The molecule has 0 saturated carbocycles. The molecule has 0 bridgehead atoms. The third-order valence-electron chi connectivity index (χ3n) is 2.81. The Morgan fingerprint density at radius 2 is 1.84 bits per heavy atom. The molecule has 0 spiro atoms. The second kappa shape index (κ2) is 5.78. The van der Waals surface area contributed by atoms with Gasteiger partial charge in [-0.25, -0.2) is 9.97 Å². The number of aryl methyl sites for hydroxylation is 1. The molecule has 0 N–H and O–H groups in total. The fourth-order valence-corrected chi connectivity index (χ4v) is 2.86. The summed E-state index contributed by atoms with van der Waals surface area (Å²) >= 11 is 15.6. The minimum absolute atomic E-state index is 0.265. The zero-order valence-electron chi connectivity index (χ0n) is 10.8. The van der Waals surface area contributed by atoms with Crippen LogP contribution in [0.2, 0.25) is 10.2 Å². The van der Waals surface area contributed by atoms with Gasteiger partial charge in [-0.1, -0.05) is 37.0 Å². The second-order valence-electron chi connectivity index (χ2n) is 4.65. The van der Waals surface area contributed by atoms with Gasteiger partial charge in [-0.15, -0.1) is 0 Å². The maximum Gasteiger partial charge on any atom is 0.161 e. The third kappa shape index (κ3) is 3.10. The van der Waals surface area contributed by atoms with Crippen molar-refractivity contribution in [3.05, 3.63) is 44.1 Å². The van der Waals surface area contributed by atoms with E-state index in [1.807, 2.05) is 25.1 Å². The van der Waals surface area contributed by atoms with E-state index in [0.717, 1.165) is 21.3 Å². The van der Waals surface area contributed by atoms with Crippen molar-refractivity contribution in [2.75, 3.05) is 0 Å². The van der Waals surface area contributed by atoms with Crippen LogP contribution in [0.1, 0.15) is 31.0 Å². The second-order valence-corrected chi connectivity index (χ2v) is 6.24. The van der Waals surface area contributed by atoms with Crippen LogP contribution in [0.25, 0.3) is 11.4 Å². The molecule has 0 atom stereocenters. The molecule has 1 aromatic heterocycles. The van der Waals surface area contributed by atoms with E-state index in [1.165, 1.54) is 0 Å². The number of hydrogen-bond acceptors (Lipinski definition) is 2. The van der Waals surface area contributed by atoms with Crippen LogP contribution in [-0.2, 0) is 0 Å². The first-order valence-electron chi connectivity index (χ1n) is 5.89. The molecular weight excluding hydrogens is 347 g/mol. The molecule has 0 aliphatic heterocycles. The van der Waals surface area contributed by atoms with Crippen molar-refractivity contribution in [1.29, 1.82) is 0 Å². The van der Waals surface area contributed by atoms with Crippen LogP contribution in [0.15, 0.2) is 22.7 Å². The molecule has 0 radical (unpaired) electrons. The van der Waals surface area contributed by atoms with E-state index < -0.39 is 0 Å². The van der Waals surface area contributed by atoms with Crippen molar-refractivity contribution in [2.45, 2.75) is 26.7 Å². The summed E-state index contributed by atoms with van der Waals surface area (Å²) in [4.78, 5) is 8.95. The smallest absolute Gasteiger partial charge is 0.161 e. The predicted octanol–water partition coefficient (Wildman–Crippen LogP) is 5.64. The Morgan fingerprint density at radius 1 is 1.16 bits per heavy atom. The SMILES string of the molecule is Cc1cc(Cl)ccc1-c1nc(Cl)c(Br)c(C(C)C)n1. The van der Waals surface area contributed by atoms with Crippen LogP contribution in [-0.4, -0.2) is 9.97 Å². The maximum atomic E-state index is 6.17. The number of nitrogens with zero attached hydrogens (tertiary/aromatic N) is 2. The van der Waals surface area contributed by atoms with Crippen molar-refractivity contribution in [1.82, 2.24) is 9.97 Å². The summed E-state index contributed by atoms with van der Waals surface area (Å²) in [6, 6.07) is 5.64. The molecule has 0 aliphatic carbocycles. The summed E-state index contributed by atoms with van der Waals surface area (Å²) in [5.74, 6) is 0.896. The van der Waals surface area contributed by atoms with E-state index in [2.05, 4.69) is 39.7 Å². The fraction of sp³-hybridized carbons (Fsp3) is 0.286. The first-order chi connectivity index (χ1) is 8.90. The van der Waals surface area contributed by atoms with E-state index in [4.69, 9.17) is 23.2 Å². The van der Waals surface area contributed by atoms with Crippen molar-refractivity contribution in [3.8, 4) is 11.4 Å². The number of rotatable bonds is 2. The van der Waals surface area contributed by atoms with Crippen LogP contribution in [0.5, 0.6) is 0 Å². The number of halogens is 3. The molecule has 1 heterocycles. The third-order valence-corrected chi connectivity index (χ3v) is 4.33. The van der Waals surface area contributed by atoms with Gasteiger partial charge in [0.25, 0.3) is 0 Å². The molecule has 0 unspecified atom stereocenters. The van der Waals surface area contributed by atoms with Crippen LogP contribution < -0.4 is 0 Å². The van der Waals surface area contributed by atoms with Gasteiger partial charge in [0.15, 0.2) is 5.82 Å². The average molecular weight is 360 g/mol. The van der Waals surface area contributed by atoms with E-state index in [9.17, 15) is 0 Å². The first-order valence-corrected chi connectivity index (χ1v) is 7.44. The van der Waals surface area contributed by atoms with Crippen molar-refractivity contribution in [3.63, 3.8) is 0 Å². The zero-order valence-corrected chi connectivity index (χ0v) is 13.9. The number of aromatic nitrogens is 2. The lowest BCUT2D eigenvalue weighted by Crippen LogP contribution is -2.01. The summed E-state index contributed by atoms with van der Waals surface area (Å²) in [6.07, 6.45) is 0. The topological polar surface area (TPSA) is 25.8 Å². The highest BCUT2D eigenvalue weighted by Crippen LogP contribution is 2.32.